The van der Waals surface area contributed by atoms with Crippen LogP contribution >= 0.6 is 12.4 Å². The molecular weight excluding hydrogens is 426 g/mol. The number of rotatable bonds is 10. The molecule has 0 aliphatic carbocycles. The molecule has 0 heterocycles. The standard InChI is InChI=1S/C21H25F4NO3.ClH/c22-17-6-3-15(4-7-17)2-1-11-29-19-8-5-16(12-18(19)21(23,24)25)9-10-20(26,13-27)14-28;/h3-8,12,27-28H,1-2,9-11,13-14,26H2;1H. The third-order valence-electron chi connectivity index (χ3n) is 4.67. The Hall–Kier alpha value is -1.87. The number of hydrogen-bond acceptors (Lipinski definition) is 4. The minimum Gasteiger partial charge on any atom is -0.493 e. The fourth-order valence-electron chi connectivity index (χ4n) is 2.79. The Bertz CT molecular complexity index is 781. The fourth-order valence-corrected chi connectivity index (χ4v) is 2.79. The number of hydrogen-bond donors (Lipinski definition) is 3. The lowest BCUT2D eigenvalue weighted by Gasteiger charge is -2.24. The van der Waals surface area contributed by atoms with E-state index in [2.05, 4.69) is 0 Å². The maximum absolute atomic E-state index is 13.4. The number of alkyl halides is 3. The van der Waals surface area contributed by atoms with Gasteiger partial charge in [-0.1, -0.05) is 18.2 Å². The van der Waals surface area contributed by atoms with Gasteiger partial charge in [0.2, 0.25) is 0 Å². The topological polar surface area (TPSA) is 75.7 Å². The van der Waals surface area contributed by atoms with Crippen LogP contribution in [0.2, 0.25) is 0 Å². The molecule has 2 aromatic rings. The smallest absolute Gasteiger partial charge is 0.419 e. The molecular formula is C21H26ClF4NO3. The second-order valence-corrected chi connectivity index (χ2v) is 7.09. The van der Waals surface area contributed by atoms with Crippen molar-refractivity contribution < 1.29 is 32.5 Å². The lowest BCUT2D eigenvalue weighted by molar-refractivity contribution is -0.139. The van der Waals surface area contributed by atoms with Crippen molar-refractivity contribution >= 4 is 12.4 Å². The van der Waals surface area contributed by atoms with Gasteiger partial charge in [-0.05, 0) is 61.1 Å². The molecule has 0 saturated heterocycles. The predicted octanol–water partition coefficient (Wildman–Crippen LogP) is 3.89. The zero-order chi connectivity index (χ0) is 21.5. The summed E-state index contributed by atoms with van der Waals surface area (Å²) in [7, 11) is 0. The second kappa shape index (κ2) is 11.5. The summed E-state index contributed by atoms with van der Waals surface area (Å²) in [4.78, 5) is 0. The van der Waals surface area contributed by atoms with Crippen molar-refractivity contribution in [3.8, 4) is 5.75 Å². The Morgan fingerprint density at radius 3 is 2.07 bits per heavy atom. The number of aryl methyl sites for hydroxylation is 2. The highest BCUT2D eigenvalue weighted by Crippen LogP contribution is 2.37. The van der Waals surface area contributed by atoms with Gasteiger partial charge in [-0.15, -0.1) is 12.4 Å². The van der Waals surface area contributed by atoms with Crippen molar-refractivity contribution in [1.82, 2.24) is 0 Å². The first kappa shape index (κ1) is 26.2. The van der Waals surface area contributed by atoms with Gasteiger partial charge in [-0.25, -0.2) is 4.39 Å². The molecule has 0 unspecified atom stereocenters. The maximum atomic E-state index is 13.4. The highest BCUT2D eigenvalue weighted by molar-refractivity contribution is 5.85. The molecule has 0 aliphatic rings. The minimum absolute atomic E-state index is 0. The summed E-state index contributed by atoms with van der Waals surface area (Å²) in [6.07, 6.45) is -3.25. The van der Waals surface area contributed by atoms with E-state index in [1.165, 1.54) is 24.3 Å². The first-order valence-electron chi connectivity index (χ1n) is 9.25. The molecule has 0 aromatic heterocycles. The van der Waals surface area contributed by atoms with Gasteiger partial charge in [0.05, 0.1) is 30.9 Å². The molecule has 4 N–H and O–H groups in total. The lowest BCUT2D eigenvalue weighted by Crippen LogP contribution is -2.47. The third kappa shape index (κ3) is 7.75. The molecule has 4 nitrogen and oxygen atoms in total. The zero-order valence-electron chi connectivity index (χ0n) is 16.3. The van der Waals surface area contributed by atoms with Gasteiger partial charge in [0, 0.05) is 0 Å². The molecule has 0 amide bonds. The molecule has 9 heteroatoms. The molecule has 2 aromatic carbocycles. The van der Waals surface area contributed by atoms with Crippen LogP contribution in [0.4, 0.5) is 17.6 Å². The quantitative estimate of drug-likeness (QED) is 0.378. The summed E-state index contributed by atoms with van der Waals surface area (Å²) >= 11 is 0. The van der Waals surface area contributed by atoms with Crippen LogP contribution in [0.3, 0.4) is 0 Å². The SMILES string of the molecule is Cl.NC(CO)(CO)CCc1ccc(OCCCc2ccc(F)cc2)c(C(F)(F)F)c1. The number of aliphatic hydroxyl groups is 2. The van der Waals surface area contributed by atoms with Crippen LogP contribution in [0.1, 0.15) is 29.5 Å². The van der Waals surface area contributed by atoms with Gasteiger partial charge >= 0.3 is 6.18 Å². The van der Waals surface area contributed by atoms with Crippen LogP contribution in [-0.4, -0.2) is 35.6 Å². The largest absolute Gasteiger partial charge is 0.493 e. The average Bonchev–Trinajstić information content (AvgIpc) is 2.70. The van der Waals surface area contributed by atoms with E-state index in [9.17, 15) is 27.8 Å². The molecule has 0 spiro atoms. The summed E-state index contributed by atoms with van der Waals surface area (Å²) in [5.74, 6) is -0.603. The summed E-state index contributed by atoms with van der Waals surface area (Å²) in [6, 6.07) is 9.71. The summed E-state index contributed by atoms with van der Waals surface area (Å²) in [6.45, 7) is -0.851. The lowest BCUT2D eigenvalue weighted by atomic mass is 9.93. The van der Waals surface area contributed by atoms with Crippen LogP contribution in [0.25, 0.3) is 0 Å². The van der Waals surface area contributed by atoms with Gasteiger partial charge in [-0.2, -0.15) is 13.2 Å². The van der Waals surface area contributed by atoms with Gasteiger partial charge in [0.15, 0.2) is 0 Å². The number of aliphatic hydroxyl groups excluding tert-OH is 2. The molecule has 0 aliphatic heterocycles. The molecule has 0 atom stereocenters. The number of benzene rings is 2. The molecule has 30 heavy (non-hydrogen) atoms. The normalized spacial score (nSPS) is 11.8. The minimum atomic E-state index is -4.59. The first-order chi connectivity index (χ1) is 13.7. The summed E-state index contributed by atoms with van der Waals surface area (Å²) in [5.41, 5.74) is 4.90. The van der Waals surface area contributed by atoms with E-state index >= 15 is 0 Å². The van der Waals surface area contributed by atoms with E-state index in [0.29, 0.717) is 18.4 Å². The number of halogens is 5. The van der Waals surface area contributed by atoms with Gasteiger partial charge < -0.3 is 20.7 Å². The number of ether oxygens (including phenoxy) is 1. The average molecular weight is 452 g/mol. The van der Waals surface area contributed by atoms with E-state index in [1.54, 1.807) is 12.1 Å². The Morgan fingerprint density at radius 1 is 0.900 bits per heavy atom. The fraction of sp³-hybridized carbons (Fsp3) is 0.429. The highest BCUT2D eigenvalue weighted by atomic mass is 35.5. The van der Waals surface area contributed by atoms with Crippen LogP contribution in [0.5, 0.6) is 5.75 Å². The van der Waals surface area contributed by atoms with E-state index < -0.39 is 30.5 Å². The van der Waals surface area contributed by atoms with Crippen LogP contribution in [0.15, 0.2) is 42.5 Å². The van der Waals surface area contributed by atoms with Crippen molar-refractivity contribution in [3.05, 3.63) is 65.0 Å². The van der Waals surface area contributed by atoms with Gasteiger partial charge in [0.25, 0.3) is 0 Å². The van der Waals surface area contributed by atoms with Crippen molar-refractivity contribution in [2.75, 3.05) is 19.8 Å². The molecule has 0 bridgehead atoms. The first-order valence-corrected chi connectivity index (χ1v) is 9.25. The Morgan fingerprint density at radius 2 is 1.50 bits per heavy atom. The monoisotopic (exact) mass is 451 g/mol. The molecule has 2 rings (SSSR count). The summed E-state index contributed by atoms with van der Waals surface area (Å²) < 4.78 is 58.5. The van der Waals surface area contributed by atoms with Crippen molar-refractivity contribution in [2.24, 2.45) is 5.73 Å². The van der Waals surface area contributed by atoms with E-state index in [1.807, 2.05) is 0 Å². The highest BCUT2D eigenvalue weighted by Gasteiger charge is 2.35. The molecule has 0 fully saturated rings. The Balaban J connectivity index is 0.00000450. The zero-order valence-corrected chi connectivity index (χ0v) is 17.1. The van der Waals surface area contributed by atoms with Gasteiger partial charge in [-0.3, -0.25) is 0 Å². The van der Waals surface area contributed by atoms with E-state index in [0.717, 1.165) is 11.6 Å². The molecule has 0 saturated carbocycles. The Labute approximate surface area is 179 Å². The van der Waals surface area contributed by atoms with Crippen molar-refractivity contribution in [3.63, 3.8) is 0 Å². The van der Waals surface area contributed by atoms with E-state index in [-0.39, 0.29) is 43.4 Å². The molecule has 168 valence electrons. The predicted molar refractivity (Wildman–Crippen MR) is 108 cm³/mol. The summed E-state index contributed by atoms with van der Waals surface area (Å²) in [5, 5.41) is 18.4. The second-order valence-electron chi connectivity index (χ2n) is 7.09. The number of nitrogens with two attached hydrogens (primary N) is 1. The third-order valence-corrected chi connectivity index (χ3v) is 4.67. The Kier molecular flexibility index (Phi) is 10.0. The van der Waals surface area contributed by atoms with Gasteiger partial charge in [0.1, 0.15) is 11.6 Å². The van der Waals surface area contributed by atoms with Crippen molar-refractivity contribution in [2.45, 2.75) is 37.4 Å². The van der Waals surface area contributed by atoms with Crippen LogP contribution in [0, 0.1) is 5.82 Å². The maximum Gasteiger partial charge on any atom is 0.419 e. The molecule has 0 radical (unpaired) electrons. The van der Waals surface area contributed by atoms with Crippen LogP contribution < -0.4 is 10.5 Å². The van der Waals surface area contributed by atoms with E-state index in [4.69, 9.17) is 10.5 Å². The van der Waals surface area contributed by atoms with Crippen LogP contribution in [-0.2, 0) is 19.0 Å². The van der Waals surface area contributed by atoms with Crippen molar-refractivity contribution in [1.29, 1.82) is 0 Å².